The molecular weight excluding hydrogens is 226 g/mol. The lowest BCUT2D eigenvalue weighted by molar-refractivity contribution is -0.138. The van der Waals surface area contributed by atoms with Crippen LogP contribution in [0.5, 0.6) is 0 Å². The monoisotopic (exact) mass is 243 g/mol. The Morgan fingerprint density at radius 2 is 2.00 bits per heavy atom. The lowest BCUT2D eigenvalue weighted by atomic mass is 10.0. The zero-order valence-corrected chi connectivity index (χ0v) is 10.8. The summed E-state index contributed by atoms with van der Waals surface area (Å²) >= 11 is 0. The van der Waals surface area contributed by atoms with Crippen molar-refractivity contribution < 1.29 is 9.53 Å². The van der Waals surface area contributed by atoms with Crippen LogP contribution in [0, 0.1) is 11.3 Å². The Morgan fingerprint density at radius 3 is 2.56 bits per heavy atom. The minimum Gasteiger partial charge on any atom is -0.462 e. The van der Waals surface area contributed by atoms with Crippen molar-refractivity contribution in [2.45, 2.75) is 26.7 Å². The van der Waals surface area contributed by atoms with Gasteiger partial charge in [-0.2, -0.15) is 5.26 Å². The van der Waals surface area contributed by atoms with E-state index in [4.69, 9.17) is 10.00 Å². The Hall–Kier alpha value is -2.08. The SMILES string of the molecule is CCOC(=O)/C(C#N)=C(\C)CCc1ccccc1. The number of allylic oxidation sites excluding steroid dienone is 1. The molecule has 0 bridgehead atoms. The first-order valence-electron chi connectivity index (χ1n) is 6.00. The molecule has 94 valence electrons. The molecule has 0 saturated carbocycles. The predicted octanol–water partition coefficient (Wildman–Crippen LogP) is 3.02. The molecule has 0 N–H and O–H groups in total. The average Bonchev–Trinajstić information content (AvgIpc) is 2.39. The summed E-state index contributed by atoms with van der Waals surface area (Å²) in [4.78, 5) is 11.5. The van der Waals surface area contributed by atoms with Gasteiger partial charge in [0.05, 0.1) is 6.61 Å². The fourth-order valence-electron chi connectivity index (χ4n) is 1.62. The van der Waals surface area contributed by atoms with E-state index in [0.29, 0.717) is 6.42 Å². The van der Waals surface area contributed by atoms with Crippen molar-refractivity contribution in [2.24, 2.45) is 0 Å². The highest BCUT2D eigenvalue weighted by Gasteiger charge is 2.13. The lowest BCUT2D eigenvalue weighted by Gasteiger charge is -2.05. The van der Waals surface area contributed by atoms with Gasteiger partial charge in [-0.15, -0.1) is 0 Å². The Labute approximate surface area is 108 Å². The number of esters is 1. The second kappa shape index (κ2) is 7.29. The first kappa shape index (κ1) is 14.0. The molecule has 0 aromatic heterocycles. The molecule has 0 amide bonds. The van der Waals surface area contributed by atoms with Crippen LogP contribution in [0.4, 0.5) is 0 Å². The fourth-order valence-corrected chi connectivity index (χ4v) is 1.62. The molecule has 3 nitrogen and oxygen atoms in total. The molecule has 0 unspecified atom stereocenters. The summed E-state index contributed by atoms with van der Waals surface area (Å²) in [6.07, 6.45) is 1.50. The number of hydrogen-bond acceptors (Lipinski definition) is 3. The summed E-state index contributed by atoms with van der Waals surface area (Å²) in [6, 6.07) is 11.9. The van der Waals surface area contributed by atoms with Crippen molar-refractivity contribution in [1.82, 2.24) is 0 Å². The van der Waals surface area contributed by atoms with Gasteiger partial charge in [0.25, 0.3) is 0 Å². The highest BCUT2D eigenvalue weighted by atomic mass is 16.5. The summed E-state index contributed by atoms with van der Waals surface area (Å²) < 4.78 is 4.85. The zero-order valence-electron chi connectivity index (χ0n) is 10.8. The standard InChI is InChI=1S/C15H17NO2/c1-3-18-15(17)14(11-16)12(2)9-10-13-7-5-4-6-8-13/h4-8H,3,9-10H2,1-2H3/b14-12+. The molecule has 1 rings (SSSR count). The number of nitriles is 1. The number of hydrogen-bond donors (Lipinski definition) is 0. The van der Waals surface area contributed by atoms with Gasteiger partial charge >= 0.3 is 5.97 Å². The molecule has 0 aliphatic rings. The Morgan fingerprint density at radius 1 is 1.33 bits per heavy atom. The average molecular weight is 243 g/mol. The summed E-state index contributed by atoms with van der Waals surface area (Å²) in [7, 11) is 0. The first-order chi connectivity index (χ1) is 8.69. The van der Waals surface area contributed by atoms with Gasteiger partial charge in [-0.25, -0.2) is 4.79 Å². The number of ether oxygens (including phenoxy) is 1. The molecule has 0 saturated heterocycles. The molecular formula is C15H17NO2. The molecule has 1 aromatic rings. The topological polar surface area (TPSA) is 50.1 Å². The molecule has 0 spiro atoms. The third kappa shape index (κ3) is 4.06. The van der Waals surface area contributed by atoms with E-state index in [1.54, 1.807) is 13.8 Å². The van der Waals surface area contributed by atoms with Crippen LogP contribution in [0.25, 0.3) is 0 Å². The van der Waals surface area contributed by atoms with Gasteiger partial charge in [0.1, 0.15) is 11.6 Å². The van der Waals surface area contributed by atoms with E-state index in [2.05, 4.69) is 0 Å². The zero-order chi connectivity index (χ0) is 13.4. The van der Waals surface area contributed by atoms with Crippen molar-refractivity contribution >= 4 is 5.97 Å². The lowest BCUT2D eigenvalue weighted by Crippen LogP contribution is -2.08. The Balaban J connectivity index is 2.70. The minimum absolute atomic E-state index is 0.132. The van der Waals surface area contributed by atoms with Gasteiger partial charge < -0.3 is 4.74 Å². The number of benzene rings is 1. The highest BCUT2D eigenvalue weighted by molar-refractivity contribution is 5.93. The number of nitrogens with zero attached hydrogens (tertiary/aromatic N) is 1. The van der Waals surface area contributed by atoms with Gasteiger partial charge in [0.2, 0.25) is 0 Å². The molecule has 18 heavy (non-hydrogen) atoms. The van der Waals surface area contributed by atoms with Gasteiger partial charge in [-0.1, -0.05) is 30.3 Å². The smallest absolute Gasteiger partial charge is 0.348 e. The van der Waals surface area contributed by atoms with E-state index in [1.807, 2.05) is 36.4 Å². The Kier molecular flexibility index (Phi) is 5.66. The molecule has 1 aromatic carbocycles. The number of carbonyl (C=O) groups excluding carboxylic acids is 1. The van der Waals surface area contributed by atoms with Gasteiger partial charge in [0.15, 0.2) is 0 Å². The molecule has 0 aliphatic carbocycles. The van der Waals surface area contributed by atoms with Crippen LogP contribution < -0.4 is 0 Å². The Bertz CT molecular complexity index is 469. The molecule has 0 aliphatic heterocycles. The van der Waals surface area contributed by atoms with Gasteiger partial charge in [-0.05, 0) is 37.8 Å². The maximum atomic E-state index is 11.5. The summed E-state index contributed by atoms with van der Waals surface area (Å²) in [5, 5.41) is 8.98. The van der Waals surface area contributed by atoms with Crippen molar-refractivity contribution in [3.8, 4) is 6.07 Å². The van der Waals surface area contributed by atoms with Gasteiger partial charge in [-0.3, -0.25) is 0 Å². The molecule has 0 radical (unpaired) electrons. The minimum atomic E-state index is -0.523. The van der Waals surface area contributed by atoms with E-state index < -0.39 is 5.97 Å². The van der Waals surface area contributed by atoms with Crippen molar-refractivity contribution in [1.29, 1.82) is 5.26 Å². The van der Waals surface area contributed by atoms with E-state index in [0.717, 1.165) is 12.0 Å². The van der Waals surface area contributed by atoms with E-state index in [9.17, 15) is 4.79 Å². The van der Waals surface area contributed by atoms with Crippen LogP contribution in [-0.2, 0) is 16.0 Å². The third-order valence-corrected chi connectivity index (χ3v) is 2.65. The van der Waals surface area contributed by atoms with Crippen LogP contribution >= 0.6 is 0 Å². The highest BCUT2D eigenvalue weighted by Crippen LogP contribution is 2.13. The largest absolute Gasteiger partial charge is 0.462 e. The first-order valence-corrected chi connectivity index (χ1v) is 6.00. The maximum Gasteiger partial charge on any atom is 0.348 e. The quantitative estimate of drug-likeness (QED) is 0.454. The van der Waals surface area contributed by atoms with Crippen molar-refractivity contribution in [3.05, 3.63) is 47.0 Å². The van der Waals surface area contributed by atoms with Crippen LogP contribution in [0.15, 0.2) is 41.5 Å². The number of rotatable bonds is 5. The second-order valence-electron chi connectivity index (χ2n) is 3.97. The number of carbonyl (C=O) groups is 1. The summed E-state index contributed by atoms with van der Waals surface area (Å²) in [6.45, 7) is 3.82. The van der Waals surface area contributed by atoms with Crippen LogP contribution in [0.2, 0.25) is 0 Å². The summed E-state index contributed by atoms with van der Waals surface area (Å²) in [5.74, 6) is -0.523. The number of aryl methyl sites for hydroxylation is 1. The molecule has 0 fully saturated rings. The van der Waals surface area contributed by atoms with Crippen molar-refractivity contribution in [3.63, 3.8) is 0 Å². The predicted molar refractivity (Wildman–Crippen MR) is 69.7 cm³/mol. The normalized spacial score (nSPS) is 11.4. The van der Waals surface area contributed by atoms with Gasteiger partial charge in [0, 0.05) is 0 Å². The van der Waals surface area contributed by atoms with Crippen LogP contribution in [0.3, 0.4) is 0 Å². The van der Waals surface area contributed by atoms with E-state index in [1.165, 1.54) is 5.56 Å². The molecule has 0 heterocycles. The van der Waals surface area contributed by atoms with Crippen LogP contribution in [-0.4, -0.2) is 12.6 Å². The van der Waals surface area contributed by atoms with Crippen LogP contribution in [0.1, 0.15) is 25.8 Å². The third-order valence-electron chi connectivity index (χ3n) is 2.65. The summed E-state index contributed by atoms with van der Waals surface area (Å²) in [5.41, 5.74) is 2.10. The van der Waals surface area contributed by atoms with E-state index >= 15 is 0 Å². The molecule has 0 atom stereocenters. The maximum absolute atomic E-state index is 11.5. The fraction of sp³-hybridized carbons (Fsp3) is 0.333. The van der Waals surface area contributed by atoms with Crippen molar-refractivity contribution in [2.75, 3.05) is 6.61 Å². The second-order valence-corrected chi connectivity index (χ2v) is 3.97. The molecule has 3 heteroatoms. The van der Waals surface area contributed by atoms with E-state index in [-0.39, 0.29) is 12.2 Å².